The van der Waals surface area contributed by atoms with Crippen molar-refractivity contribution in [3.63, 3.8) is 0 Å². The van der Waals surface area contributed by atoms with Gasteiger partial charge in [0.1, 0.15) is 17.1 Å². The van der Waals surface area contributed by atoms with E-state index in [0.717, 1.165) is 5.56 Å². The number of imidazole rings is 1. The molecule has 0 unspecified atom stereocenters. The molecule has 0 aliphatic carbocycles. The molecule has 22 heavy (non-hydrogen) atoms. The summed E-state index contributed by atoms with van der Waals surface area (Å²) in [5, 5.41) is 13.1. The van der Waals surface area contributed by atoms with E-state index in [1.165, 1.54) is 0 Å². The quantitative estimate of drug-likeness (QED) is 0.711. The summed E-state index contributed by atoms with van der Waals surface area (Å²) >= 11 is 5.94. The Hall–Kier alpha value is -2.53. The highest BCUT2D eigenvalue weighted by molar-refractivity contribution is 6.30. The highest BCUT2D eigenvalue weighted by atomic mass is 35.5. The Morgan fingerprint density at radius 3 is 2.82 bits per heavy atom. The van der Waals surface area contributed by atoms with Crippen molar-refractivity contribution in [1.29, 1.82) is 0 Å². The maximum Gasteiger partial charge on any atom is 0.274 e. The molecule has 0 saturated carbocycles. The number of aromatic nitrogens is 2. The molecule has 112 valence electrons. The zero-order chi connectivity index (χ0) is 15.9. The third-order valence-electron chi connectivity index (χ3n) is 3.38. The fraction of sp³-hybridized carbons (Fsp3) is 0.125. The summed E-state index contributed by atoms with van der Waals surface area (Å²) < 4.78 is 1.67. The molecular weight excluding hydrogens is 302 g/mol. The van der Waals surface area contributed by atoms with Crippen LogP contribution in [0.15, 0.2) is 36.5 Å². The zero-order valence-corrected chi connectivity index (χ0v) is 12.8. The minimum atomic E-state index is -0.340. The van der Waals surface area contributed by atoms with Gasteiger partial charge in [-0.1, -0.05) is 17.7 Å². The summed E-state index contributed by atoms with van der Waals surface area (Å²) in [6, 6.07) is 8.41. The summed E-state index contributed by atoms with van der Waals surface area (Å²) in [7, 11) is 0. The van der Waals surface area contributed by atoms with E-state index in [4.69, 9.17) is 11.6 Å². The van der Waals surface area contributed by atoms with Gasteiger partial charge in [-0.25, -0.2) is 4.98 Å². The number of nitrogens with one attached hydrogen (secondary N) is 1. The van der Waals surface area contributed by atoms with Crippen LogP contribution in [0.3, 0.4) is 0 Å². The molecule has 6 heteroatoms. The molecule has 2 heterocycles. The number of aryl methyl sites for hydroxylation is 2. The first-order valence-electron chi connectivity index (χ1n) is 6.71. The monoisotopic (exact) mass is 315 g/mol. The fourth-order valence-electron chi connectivity index (χ4n) is 2.34. The lowest BCUT2D eigenvalue weighted by molar-refractivity contribution is 0.102. The van der Waals surface area contributed by atoms with Gasteiger partial charge in [-0.2, -0.15) is 0 Å². The Balaban J connectivity index is 2.02. The van der Waals surface area contributed by atoms with Crippen LogP contribution in [0.5, 0.6) is 5.75 Å². The number of fused-ring (bicyclic) bond motifs is 1. The molecule has 0 bridgehead atoms. The summed E-state index contributed by atoms with van der Waals surface area (Å²) in [5.41, 5.74) is 2.91. The molecule has 3 rings (SSSR count). The SMILES string of the molecule is Cc1ccc(O)c(NC(=O)c2c(C)nc3cc(Cl)ccn23)c1. The number of halogens is 1. The van der Waals surface area contributed by atoms with Crippen LogP contribution in [0.25, 0.3) is 5.65 Å². The standard InChI is InChI=1S/C16H14ClN3O2/c1-9-3-4-13(21)12(7-9)19-16(22)15-10(2)18-14-8-11(17)5-6-20(14)15/h3-8,21H,1-2H3,(H,19,22). The van der Waals surface area contributed by atoms with Crippen LogP contribution in [-0.4, -0.2) is 20.4 Å². The second-order valence-electron chi connectivity index (χ2n) is 5.09. The molecule has 0 aliphatic rings. The lowest BCUT2D eigenvalue weighted by atomic mass is 10.2. The summed E-state index contributed by atoms with van der Waals surface area (Å²) in [6.45, 7) is 3.64. The number of hydrogen-bond donors (Lipinski definition) is 2. The number of benzene rings is 1. The topological polar surface area (TPSA) is 66.6 Å². The van der Waals surface area contributed by atoms with Crippen molar-refractivity contribution in [2.45, 2.75) is 13.8 Å². The normalized spacial score (nSPS) is 10.9. The van der Waals surface area contributed by atoms with Gasteiger partial charge in [-0.15, -0.1) is 0 Å². The number of aromatic hydroxyl groups is 1. The van der Waals surface area contributed by atoms with Gasteiger partial charge in [0.15, 0.2) is 0 Å². The van der Waals surface area contributed by atoms with Crippen molar-refractivity contribution in [1.82, 2.24) is 9.38 Å². The Kier molecular flexibility index (Phi) is 3.50. The van der Waals surface area contributed by atoms with Crippen LogP contribution >= 0.6 is 11.6 Å². The predicted octanol–water partition coefficient (Wildman–Crippen LogP) is 3.56. The number of amides is 1. The maximum atomic E-state index is 12.5. The molecule has 5 nitrogen and oxygen atoms in total. The van der Waals surface area contributed by atoms with E-state index in [-0.39, 0.29) is 11.7 Å². The first-order valence-corrected chi connectivity index (χ1v) is 7.08. The van der Waals surface area contributed by atoms with Crippen molar-refractivity contribution in [3.05, 3.63) is 58.5 Å². The van der Waals surface area contributed by atoms with Crippen molar-refractivity contribution in [2.24, 2.45) is 0 Å². The molecule has 0 spiro atoms. The molecule has 0 aliphatic heterocycles. The van der Waals surface area contributed by atoms with Gasteiger partial charge in [0, 0.05) is 17.3 Å². The maximum absolute atomic E-state index is 12.5. The molecule has 0 saturated heterocycles. The van der Waals surface area contributed by atoms with Gasteiger partial charge in [-0.05, 0) is 37.6 Å². The number of rotatable bonds is 2. The smallest absolute Gasteiger partial charge is 0.274 e. The minimum absolute atomic E-state index is 0.0217. The first-order chi connectivity index (χ1) is 10.5. The number of anilines is 1. The number of nitrogens with zero attached hydrogens (tertiary/aromatic N) is 2. The van der Waals surface area contributed by atoms with Crippen LogP contribution in [0, 0.1) is 13.8 Å². The van der Waals surface area contributed by atoms with Crippen LogP contribution in [0.2, 0.25) is 5.02 Å². The van der Waals surface area contributed by atoms with E-state index in [1.807, 2.05) is 6.92 Å². The van der Waals surface area contributed by atoms with Crippen LogP contribution < -0.4 is 5.32 Å². The second-order valence-corrected chi connectivity index (χ2v) is 5.53. The number of carbonyl (C=O) groups is 1. The van der Waals surface area contributed by atoms with Gasteiger partial charge >= 0.3 is 0 Å². The summed E-state index contributed by atoms with van der Waals surface area (Å²) in [5.74, 6) is -0.318. The molecule has 0 atom stereocenters. The number of carbonyl (C=O) groups excluding carboxylic acids is 1. The van der Waals surface area contributed by atoms with E-state index >= 15 is 0 Å². The Bertz CT molecular complexity index is 886. The zero-order valence-electron chi connectivity index (χ0n) is 12.1. The van der Waals surface area contributed by atoms with Gasteiger partial charge in [-0.3, -0.25) is 9.20 Å². The van der Waals surface area contributed by atoms with Gasteiger partial charge in [0.25, 0.3) is 5.91 Å². The van der Waals surface area contributed by atoms with E-state index in [9.17, 15) is 9.90 Å². The number of phenolic OH excluding ortho intramolecular Hbond substituents is 1. The molecule has 2 aromatic heterocycles. The van der Waals surface area contributed by atoms with Crippen LogP contribution in [-0.2, 0) is 0 Å². The largest absolute Gasteiger partial charge is 0.506 e. The summed E-state index contributed by atoms with van der Waals surface area (Å²) in [6.07, 6.45) is 1.70. The first kappa shape index (κ1) is 14.4. The van der Waals surface area contributed by atoms with Crippen LogP contribution in [0.1, 0.15) is 21.7 Å². The Morgan fingerprint density at radius 1 is 1.27 bits per heavy atom. The fourth-order valence-corrected chi connectivity index (χ4v) is 2.50. The van der Waals surface area contributed by atoms with Crippen molar-refractivity contribution < 1.29 is 9.90 Å². The molecule has 0 radical (unpaired) electrons. The molecular formula is C16H14ClN3O2. The van der Waals surface area contributed by atoms with Crippen LogP contribution in [0.4, 0.5) is 5.69 Å². The lowest BCUT2D eigenvalue weighted by Gasteiger charge is -2.08. The Morgan fingerprint density at radius 2 is 2.05 bits per heavy atom. The average Bonchev–Trinajstić information content (AvgIpc) is 2.77. The predicted molar refractivity (Wildman–Crippen MR) is 85.7 cm³/mol. The van der Waals surface area contributed by atoms with Gasteiger partial charge in [0.05, 0.1) is 11.4 Å². The van der Waals surface area contributed by atoms with Crippen molar-refractivity contribution >= 4 is 28.8 Å². The van der Waals surface area contributed by atoms with Crippen molar-refractivity contribution in [3.8, 4) is 5.75 Å². The molecule has 1 amide bonds. The van der Waals surface area contributed by atoms with E-state index in [1.54, 1.807) is 47.9 Å². The number of pyridine rings is 1. The van der Waals surface area contributed by atoms with Gasteiger partial charge in [0.2, 0.25) is 0 Å². The minimum Gasteiger partial charge on any atom is -0.506 e. The molecule has 3 aromatic rings. The highest BCUT2D eigenvalue weighted by Crippen LogP contribution is 2.25. The lowest BCUT2D eigenvalue weighted by Crippen LogP contribution is -2.15. The van der Waals surface area contributed by atoms with Crippen molar-refractivity contribution in [2.75, 3.05) is 5.32 Å². The molecule has 2 N–H and O–H groups in total. The third-order valence-corrected chi connectivity index (χ3v) is 3.61. The Labute approximate surface area is 132 Å². The van der Waals surface area contributed by atoms with Gasteiger partial charge < -0.3 is 10.4 Å². The summed E-state index contributed by atoms with van der Waals surface area (Å²) in [4.78, 5) is 16.9. The number of hydrogen-bond acceptors (Lipinski definition) is 3. The van der Waals surface area contributed by atoms with E-state index < -0.39 is 0 Å². The second kappa shape index (κ2) is 5.35. The molecule has 1 aromatic carbocycles. The third kappa shape index (κ3) is 2.51. The number of phenols is 1. The average molecular weight is 316 g/mol. The highest BCUT2D eigenvalue weighted by Gasteiger charge is 2.18. The molecule has 0 fully saturated rings. The van der Waals surface area contributed by atoms with E-state index in [2.05, 4.69) is 10.3 Å². The van der Waals surface area contributed by atoms with E-state index in [0.29, 0.717) is 27.7 Å².